The molecule has 0 bridgehead atoms. The Morgan fingerprint density at radius 2 is 1.85 bits per heavy atom. The van der Waals surface area contributed by atoms with Crippen molar-refractivity contribution in [3.63, 3.8) is 0 Å². The molecule has 0 saturated carbocycles. The number of amides is 3. The quantitative estimate of drug-likeness (QED) is 0.335. The van der Waals surface area contributed by atoms with Gasteiger partial charge in [0.25, 0.3) is 0 Å². The van der Waals surface area contributed by atoms with Crippen LogP contribution in [0.4, 0.5) is 11.4 Å². The molecule has 4 unspecified atom stereocenters. The number of hydrogen-bond donors (Lipinski definition) is 3. The highest BCUT2D eigenvalue weighted by molar-refractivity contribution is 6.31. The number of aromatic nitrogens is 1. The second-order valence-electron chi connectivity index (χ2n) is 10.4. The molecule has 9 heteroatoms. The molecule has 39 heavy (non-hydrogen) atoms. The lowest BCUT2D eigenvalue weighted by Crippen LogP contribution is -2.53. The molecule has 3 aliphatic heterocycles. The third-order valence-corrected chi connectivity index (χ3v) is 8.63. The molecule has 1 spiro atoms. The molecule has 1 aromatic heterocycles. The fraction of sp³-hybridized carbons (Fsp3) is 0.233. The van der Waals surface area contributed by atoms with E-state index < -0.39 is 29.3 Å². The Hall–Kier alpha value is -4.14. The molecule has 2 fully saturated rings. The summed E-state index contributed by atoms with van der Waals surface area (Å²) in [6.07, 6.45) is 2.37. The minimum absolute atomic E-state index is 0.340. The number of benzene rings is 3. The molecular weight excluding hydrogens is 516 g/mol. The van der Waals surface area contributed by atoms with Crippen LogP contribution < -0.4 is 20.3 Å². The van der Waals surface area contributed by atoms with Crippen LogP contribution in [0, 0.1) is 18.8 Å². The van der Waals surface area contributed by atoms with Crippen molar-refractivity contribution in [2.75, 3.05) is 17.3 Å². The average molecular weight is 541 g/mol. The van der Waals surface area contributed by atoms with Crippen molar-refractivity contribution in [2.24, 2.45) is 11.8 Å². The molecule has 3 amide bonds. The van der Waals surface area contributed by atoms with Crippen molar-refractivity contribution in [3.8, 4) is 5.75 Å². The summed E-state index contributed by atoms with van der Waals surface area (Å²) in [6, 6.07) is 17.8. The Labute approximate surface area is 229 Å². The second-order valence-corrected chi connectivity index (χ2v) is 10.9. The van der Waals surface area contributed by atoms with Gasteiger partial charge in [0.05, 0.1) is 24.6 Å². The third-order valence-electron chi connectivity index (χ3n) is 8.41. The molecule has 8 nitrogen and oxygen atoms in total. The van der Waals surface area contributed by atoms with Crippen LogP contribution in [0.15, 0.2) is 66.9 Å². The van der Waals surface area contributed by atoms with Crippen LogP contribution in [-0.2, 0) is 26.3 Å². The molecule has 0 aliphatic carbocycles. The number of carbonyl (C=O) groups excluding carboxylic acids is 3. The topological polar surface area (TPSA) is 104 Å². The lowest BCUT2D eigenvalue weighted by Gasteiger charge is -2.29. The van der Waals surface area contributed by atoms with E-state index in [1.807, 2.05) is 37.4 Å². The zero-order valence-corrected chi connectivity index (χ0v) is 22.0. The Bertz CT molecular complexity index is 1710. The summed E-state index contributed by atoms with van der Waals surface area (Å²) in [5, 5.41) is 7.99. The van der Waals surface area contributed by atoms with Crippen LogP contribution in [0.1, 0.15) is 16.7 Å². The van der Waals surface area contributed by atoms with E-state index in [0.717, 1.165) is 22.0 Å². The number of nitrogens with zero attached hydrogens (tertiary/aromatic N) is 1. The van der Waals surface area contributed by atoms with Gasteiger partial charge in [0.2, 0.25) is 17.7 Å². The van der Waals surface area contributed by atoms with Crippen LogP contribution in [0.5, 0.6) is 5.75 Å². The highest BCUT2D eigenvalue weighted by Gasteiger charge is 2.70. The summed E-state index contributed by atoms with van der Waals surface area (Å²) >= 11 is 6.47. The smallest absolute Gasteiger partial charge is 0.250 e. The van der Waals surface area contributed by atoms with E-state index in [0.29, 0.717) is 34.1 Å². The minimum Gasteiger partial charge on any atom is -0.497 e. The highest BCUT2D eigenvalue weighted by atomic mass is 35.5. The number of halogens is 1. The van der Waals surface area contributed by atoms with Gasteiger partial charge in [-0.3, -0.25) is 19.7 Å². The van der Waals surface area contributed by atoms with Crippen LogP contribution >= 0.6 is 11.6 Å². The Morgan fingerprint density at radius 3 is 2.67 bits per heavy atom. The molecule has 4 atom stereocenters. The number of imide groups is 1. The van der Waals surface area contributed by atoms with Crippen LogP contribution in [0.25, 0.3) is 10.9 Å². The number of H-pyrrole nitrogens is 1. The van der Waals surface area contributed by atoms with Crippen molar-refractivity contribution in [3.05, 3.63) is 88.6 Å². The molecule has 3 aliphatic rings. The van der Waals surface area contributed by atoms with Crippen molar-refractivity contribution in [1.29, 1.82) is 0 Å². The van der Waals surface area contributed by atoms with E-state index in [1.54, 1.807) is 36.4 Å². The van der Waals surface area contributed by atoms with Gasteiger partial charge in [-0.2, -0.15) is 0 Å². The number of methoxy groups -OCH3 is 1. The van der Waals surface area contributed by atoms with Gasteiger partial charge >= 0.3 is 0 Å². The number of para-hydroxylation sites is 1. The summed E-state index contributed by atoms with van der Waals surface area (Å²) in [4.78, 5) is 46.8. The zero-order chi connectivity index (χ0) is 27.1. The van der Waals surface area contributed by atoms with Gasteiger partial charge in [-0.05, 0) is 54.8 Å². The van der Waals surface area contributed by atoms with Gasteiger partial charge in [0, 0.05) is 45.5 Å². The van der Waals surface area contributed by atoms with Gasteiger partial charge in [-0.1, -0.05) is 35.9 Å². The second kappa shape index (κ2) is 8.43. The van der Waals surface area contributed by atoms with Gasteiger partial charge in [0.1, 0.15) is 11.3 Å². The van der Waals surface area contributed by atoms with E-state index in [-0.39, 0.29) is 11.8 Å². The molecule has 3 N–H and O–H groups in total. The SMILES string of the molecule is COc1cccc(N2C(=O)C3C(Cc4c[nH]c5ccccc45)NC4(C(=O)Nc5c(C)cc(Cl)cc54)C3C2=O)c1. The number of rotatable bonds is 4. The number of anilines is 2. The predicted octanol–water partition coefficient (Wildman–Crippen LogP) is 4.31. The Morgan fingerprint density at radius 1 is 1.03 bits per heavy atom. The van der Waals surface area contributed by atoms with E-state index >= 15 is 0 Å². The predicted molar refractivity (Wildman–Crippen MR) is 148 cm³/mol. The van der Waals surface area contributed by atoms with Gasteiger partial charge in [-0.25, -0.2) is 4.90 Å². The minimum atomic E-state index is -1.44. The first kappa shape index (κ1) is 23.9. The molecular formula is C30H25ClN4O4. The lowest BCUT2D eigenvalue weighted by atomic mass is 9.76. The fourth-order valence-corrected chi connectivity index (χ4v) is 7.02. The van der Waals surface area contributed by atoms with Gasteiger partial charge in [-0.15, -0.1) is 0 Å². The zero-order valence-electron chi connectivity index (χ0n) is 21.2. The van der Waals surface area contributed by atoms with Crippen molar-refractivity contribution < 1.29 is 19.1 Å². The normalized spacial score (nSPS) is 25.5. The van der Waals surface area contributed by atoms with E-state index in [1.165, 1.54) is 12.0 Å². The van der Waals surface area contributed by atoms with E-state index in [2.05, 4.69) is 15.6 Å². The van der Waals surface area contributed by atoms with E-state index in [9.17, 15) is 14.4 Å². The summed E-state index contributed by atoms with van der Waals surface area (Å²) in [5.74, 6) is -2.31. The van der Waals surface area contributed by atoms with Crippen LogP contribution in [-0.4, -0.2) is 35.9 Å². The summed E-state index contributed by atoms with van der Waals surface area (Å²) in [6.45, 7) is 1.87. The van der Waals surface area contributed by atoms with Crippen molar-refractivity contribution >= 4 is 51.6 Å². The summed E-state index contributed by atoms with van der Waals surface area (Å²) in [7, 11) is 1.53. The number of carbonyl (C=O) groups is 3. The number of aryl methyl sites for hydroxylation is 1. The first-order valence-electron chi connectivity index (χ1n) is 12.8. The van der Waals surface area contributed by atoms with Crippen molar-refractivity contribution in [2.45, 2.75) is 24.9 Å². The Kier molecular flexibility index (Phi) is 5.17. The molecule has 4 aromatic rings. The lowest BCUT2D eigenvalue weighted by molar-refractivity contribution is -0.130. The summed E-state index contributed by atoms with van der Waals surface area (Å²) in [5.41, 5.74) is 2.98. The number of aromatic amines is 1. The number of fused-ring (bicyclic) bond motifs is 5. The highest BCUT2D eigenvalue weighted by Crippen LogP contribution is 2.55. The van der Waals surface area contributed by atoms with Crippen LogP contribution in [0.2, 0.25) is 5.02 Å². The molecule has 0 radical (unpaired) electrons. The Balaban J connectivity index is 1.40. The third kappa shape index (κ3) is 3.25. The maximum absolute atomic E-state index is 14.2. The maximum Gasteiger partial charge on any atom is 0.250 e. The average Bonchev–Trinajstić information content (AvgIpc) is 3.64. The fourth-order valence-electron chi connectivity index (χ4n) is 6.75. The van der Waals surface area contributed by atoms with Crippen LogP contribution in [0.3, 0.4) is 0 Å². The molecule has 196 valence electrons. The number of ether oxygens (including phenoxy) is 1. The molecule has 2 saturated heterocycles. The number of hydrogen-bond acceptors (Lipinski definition) is 5. The van der Waals surface area contributed by atoms with Gasteiger partial charge in [0.15, 0.2) is 0 Å². The first-order valence-corrected chi connectivity index (χ1v) is 13.2. The van der Waals surface area contributed by atoms with E-state index in [4.69, 9.17) is 16.3 Å². The van der Waals surface area contributed by atoms with Crippen molar-refractivity contribution in [1.82, 2.24) is 10.3 Å². The molecule has 4 heterocycles. The van der Waals surface area contributed by atoms with Gasteiger partial charge < -0.3 is 15.0 Å². The first-order chi connectivity index (χ1) is 18.8. The monoisotopic (exact) mass is 540 g/mol. The molecule has 7 rings (SSSR count). The summed E-state index contributed by atoms with van der Waals surface area (Å²) < 4.78 is 5.35. The maximum atomic E-state index is 14.2. The number of nitrogens with one attached hydrogen (secondary N) is 3. The largest absolute Gasteiger partial charge is 0.497 e. The standard InChI is InChI=1S/C30H25ClN4O4/c1-15-10-17(31)12-21-26(15)33-29(38)30(21)25-24(23(34-30)11-16-14-32-22-9-4-3-8-20(16)22)27(36)35(28(25)37)18-6-5-7-19(13-18)39-2/h3-10,12-14,23-25,32,34H,11H2,1-2H3,(H,33,38). The molecule has 3 aromatic carbocycles.